The molecule has 0 bridgehead atoms. The number of nitrogens with zero attached hydrogens (tertiary/aromatic N) is 1. The van der Waals surface area contributed by atoms with Crippen molar-refractivity contribution in [1.82, 2.24) is 5.32 Å². The van der Waals surface area contributed by atoms with Crippen LogP contribution in [-0.4, -0.2) is 24.5 Å². The third kappa shape index (κ3) is 1.67. The SMILES string of the molecule is O=C1C=CC2(CCNCC2)N1c1ccccc1. The van der Waals surface area contributed by atoms with E-state index in [1.807, 2.05) is 35.2 Å². The Hall–Kier alpha value is -1.61. The number of hydrogen-bond donors (Lipinski definition) is 1. The number of hydrogen-bond acceptors (Lipinski definition) is 2. The van der Waals surface area contributed by atoms with Gasteiger partial charge in [0.25, 0.3) is 5.91 Å². The first-order valence-electron chi connectivity index (χ1n) is 6.11. The van der Waals surface area contributed by atoms with Gasteiger partial charge < -0.3 is 5.32 Å². The highest BCUT2D eigenvalue weighted by atomic mass is 16.2. The van der Waals surface area contributed by atoms with Gasteiger partial charge in [0, 0.05) is 11.8 Å². The third-order valence-corrected chi connectivity index (χ3v) is 3.69. The number of para-hydroxylation sites is 1. The van der Waals surface area contributed by atoms with E-state index in [1.54, 1.807) is 6.08 Å². The van der Waals surface area contributed by atoms with Gasteiger partial charge in [0.15, 0.2) is 0 Å². The number of carbonyl (C=O) groups excluding carboxylic acids is 1. The van der Waals surface area contributed by atoms with Gasteiger partial charge in [-0.2, -0.15) is 0 Å². The smallest absolute Gasteiger partial charge is 0.251 e. The van der Waals surface area contributed by atoms with Crippen LogP contribution in [0.3, 0.4) is 0 Å². The molecule has 2 heterocycles. The van der Waals surface area contributed by atoms with Crippen LogP contribution in [0, 0.1) is 0 Å². The Bertz CT molecular complexity index is 447. The summed E-state index contributed by atoms with van der Waals surface area (Å²) in [7, 11) is 0. The summed E-state index contributed by atoms with van der Waals surface area (Å²) in [5.74, 6) is 0.109. The van der Waals surface area contributed by atoms with Gasteiger partial charge in [0.1, 0.15) is 0 Å². The van der Waals surface area contributed by atoms with Crippen molar-refractivity contribution in [3.8, 4) is 0 Å². The number of rotatable bonds is 1. The minimum absolute atomic E-state index is 0.0936. The molecule has 3 heteroatoms. The molecule has 0 aromatic heterocycles. The first kappa shape index (κ1) is 10.5. The molecule has 1 N–H and O–H groups in total. The second kappa shape index (κ2) is 4.00. The molecular formula is C14H16N2O. The zero-order chi connectivity index (χ0) is 11.7. The average Bonchev–Trinajstić information content (AvgIpc) is 2.68. The van der Waals surface area contributed by atoms with Crippen molar-refractivity contribution in [3.63, 3.8) is 0 Å². The Morgan fingerprint density at radius 3 is 2.53 bits per heavy atom. The molecule has 2 aliphatic rings. The van der Waals surface area contributed by atoms with Gasteiger partial charge in [-0.1, -0.05) is 24.3 Å². The van der Waals surface area contributed by atoms with Gasteiger partial charge in [-0.3, -0.25) is 9.69 Å². The number of carbonyl (C=O) groups is 1. The lowest BCUT2D eigenvalue weighted by molar-refractivity contribution is -0.114. The van der Waals surface area contributed by atoms with Gasteiger partial charge in [0.05, 0.1) is 5.54 Å². The standard InChI is InChI=1S/C14H16N2O/c17-13-6-7-14(8-10-15-11-9-14)16(13)12-4-2-1-3-5-12/h1-7,15H,8-11H2. The summed E-state index contributed by atoms with van der Waals surface area (Å²) < 4.78 is 0. The van der Waals surface area contributed by atoms with E-state index < -0.39 is 0 Å². The lowest BCUT2D eigenvalue weighted by Crippen LogP contribution is -2.52. The van der Waals surface area contributed by atoms with E-state index in [2.05, 4.69) is 11.4 Å². The molecule has 0 unspecified atom stereocenters. The molecule has 1 amide bonds. The van der Waals surface area contributed by atoms with Crippen molar-refractivity contribution in [2.45, 2.75) is 18.4 Å². The van der Waals surface area contributed by atoms with Crippen LogP contribution >= 0.6 is 0 Å². The zero-order valence-corrected chi connectivity index (χ0v) is 9.73. The highest BCUT2D eigenvalue weighted by Gasteiger charge is 2.42. The van der Waals surface area contributed by atoms with Crippen LogP contribution in [0.25, 0.3) is 0 Å². The summed E-state index contributed by atoms with van der Waals surface area (Å²) in [6.07, 6.45) is 5.79. The van der Waals surface area contributed by atoms with E-state index in [1.165, 1.54) is 0 Å². The van der Waals surface area contributed by atoms with Crippen LogP contribution in [0.15, 0.2) is 42.5 Å². The van der Waals surface area contributed by atoms with Crippen molar-refractivity contribution >= 4 is 11.6 Å². The Kier molecular flexibility index (Phi) is 2.48. The maximum atomic E-state index is 12.1. The number of benzene rings is 1. The summed E-state index contributed by atoms with van der Waals surface area (Å²) in [5.41, 5.74) is 0.911. The van der Waals surface area contributed by atoms with Crippen LogP contribution in [0.1, 0.15) is 12.8 Å². The summed E-state index contributed by atoms with van der Waals surface area (Å²) in [6.45, 7) is 1.95. The van der Waals surface area contributed by atoms with Gasteiger partial charge in [-0.15, -0.1) is 0 Å². The number of nitrogens with one attached hydrogen (secondary N) is 1. The van der Waals surface area contributed by atoms with E-state index in [9.17, 15) is 4.79 Å². The van der Waals surface area contributed by atoms with Gasteiger partial charge in [0.2, 0.25) is 0 Å². The first-order chi connectivity index (χ1) is 8.32. The molecule has 0 atom stereocenters. The largest absolute Gasteiger partial charge is 0.317 e. The molecule has 1 saturated heterocycles. The predicted molar refractivity (Wildman–Crippen MR) is 67.9 cm³/mol. The third-order valence-electron chi connectivity index (χ3n) is 3.69. The molecule has 0 saturated carbocycles. The minimum atomic E-state index is -0.0936. The fourth-order valence-corrected chi connectivity index (χ4v) is 2.81. The van der Waals surface area contributed by atoms with E-state index in [4.69, 9.17) is 0 Å². The van der Waals surface area contributed by atoms with Crippen molar-refractivity contribution < 1.29 is 4.79 Å². The molecule has 3 rings (SSSR count). The molecule has 17 heavy (non-hydrogen) atoms. The molecule has 1 aromatic carbocycles. The molecule has 3 nitrogen and oxygen atoms in total. The van der Waals surface area contributed by atoms with Crippen molar-refractivity contribution in [3.05, 3.63) is 42.5 Å². The first-order valence-corrected chi connectivity index (χ1v) is 6.11. The van der Waals surface area contributed by atoms with Crippen LogP contribution in [-0.2, 0) is 4.79 Å². The quantitative estimate of drug-likeness (QED) is 0.793. The van der Waals surface area contributed by atoms with Crippen LogP contribution < -0.4 is 10.2 Å². The van der Waals surface area contributed by atoms with E-state index >= 15 is 0 Å². The lowest BCUT2D eigenvalue weighted by atomic mass is 9.88. The molecule has 0 aliphatic carbocycles. The average molecular weight is 228 g/mol. The monoisotopic (exact) mass is 228 g/mol. The molecule has 1 aromatic rings. The topological polar surface area (TPSA) is 32.3 Å². The Morgan fingerprint density at radius 2 is 1.82 bits per heavy atom. The fraction of sp³-hybridized carbons (Fsp3) is 0.357. The van der Waals surface area contributed by atoms with Gasteiger partial charge in [-0.25, -0.2) is 0 Å². The van der Waals surface area contributed by atoms with E-state index in [0.717, 1.165) is 31.6 Å². The second-order valence-corrected chi connectivity index (χ2v) is 4.70. The summed E-state index contributed by atoms with van der Waals surface area (Å²) >= 11 is 0. The Morgan fingerprint density at radius 1 is 1.12 bits per heavy atom. The molecule has 1 spiro atoms. The Labute approximate surface area is 101 Å². The number of piperidine rings is 1. The molecular weight excluding hydrogens is 212 g/mol. The highest BCUT2D eigenvalue weighted by molar-refractivity contribution is 6.06. The van der Waals surface area contributed by atoms with E-state index in [0.29, 0.717) is 0 Å². The molecule has 2 aliphatic heterocycles. The van der Waals surface area contributed by atoms with Crippen molar-refractivity contribution in [2.75, 3.05) is 18.0 Å². The van der Waals surface area contributed by atoms with Crippen LogP contribution in [0.5, 0.6) is 0 Å². The van der Waals surface area contributed by atoms with E-state index in [-0.39, 0.29) is 11.4 Å². The Balaban J connectivity index is 1.99. The maximum Gasteiger partial charge on any atom is 0.251 e. The summed E-state index contributed by atoms with van der Waals surface area (Å²) in [5, 5.41) is 3.35. The summed E-state index contributed by atoms with van der Waals surface area (Å²) in [6, 6.07) is 9.96. The zero-order valence-electron chi connectivity index (χ0n) is 9.73. The van der Waals surface area contributed by atoms with Crippen LogP contribution in [0.4, 0.5) is 5.69 Å². The molecule has 1 fully saturated rings. The summed E-state index contributed by atoms with van der Waals surface area (Å²) in [4.78, 5) is 14.0. The van der Waals surface area contributed by atoms with Crippen molar-refractivity contribution in [2.24, 2.45) is 0 Å². The lowest BCUT2D eigenvalue weighted by Gasteiger charge is -2.41. The second-order valence-electron chi connectivity index (χ2n) is 4.70. The van der Waals surface area contributed by atoms with Gasteiger partial charge >= 0.3 is 0 Å². The van der Waals surface area contributed by atoms with Crippen LogP contribution in [0.2, 0.25) is 0 Å². The predicted octanol–water partition coefficient (Wildman–Crippen LogP) is 1.71. The minimum Gasteiger partial charge on any atom is -0.317 e. The maximum absolute atomic E-state index is 12.1. The number of anilines is 1. The van der Waals surface area contributed by atoms with Crippen molar-refractivity contribution in [1.29, 1.82) is 0 Å². The highest BCUT2D eigenvalue weighted by Crippen LogP contribution is 2.36. The molecule has 88 valence electrons. The normalized spacial score (nSPS) is 22.4. The number of amides is 1. The van der Waals surface area contributed by atoms with Gasteiger partial charge in [-0.05, 0) is 38.1 Å². The molecule has 0 radical (unpaired) electrons. The fourth-order valence-electron chi connectivity index (χ4n) is 2.81.